The maximum Gasteiger partial charge on any atom is 0.251 e. The van der Waals surface area contributed by atoms with Crippen molar-refractivity contribution in [2.45, 2.75) is 6.54 Å². The zero-order chi connectivity index (χ0) is 13.9. The molecule has 1 aromatic heterocycles. The maximum atomic E-state index is 12.1. The van der Waals surface area contributed by atoms with Crippen molar-refractivity contribution in [3.05, 3.63) is 70.6 Å². The number of rotatable bonds is 3. The molecule has 0 aliphatic rings. The van der Waals surface area contributed by atoms with E-state index in [1.54, 1.807) is 12.5 Å². The number of carbonyl (C=O) groups excluding carboxylic acids is 1. The van der Waals surface area contributed by atoms with E-state index in [2.05, 4.69) is 21.2 Å². The van der Waals surface area contributed by atoms with E-state index >= 15 is 0 Å². The Labute approximate surface area is 124 Å². The van der Waals surface area contributed by atoms with Crippen LogP contribution in [-0.4, -0.2) is 5.91 Å². The molecule has 0 spiro atoms. The van der Waals surface area contributed by atoms with E-state index in [1.165, 1.54) is 0 Å². The van der Waals surface area contributed by atoms with E-state index in [4.69, 9.17) is 4.42 Å². The number of amides is 1. The Balaban J connectivity index is 1.79. The average Bonchev–Trinajstić information content (AvgIpc) is 2.97. The third-order valence-corrected chi connectivity index (χ3v) is 3.59. The molecule has 1 heterocycles. The van der Waals surface area contributed by atoms with Gasteiger partial charge in [-0.1, -0.05) is 28.1 Å². The normalized spacial score (nSPS) is 10.7. The Morgan fingerprint density at radius 2 is 1.90 bits per heavy atom. The zero-order valence-electron chi connectivity index (χ0n) is 10.6. The molecule has 3 rings (SSSR count). The first-order valence-electron chi connectivity index (χ1n) is 6.21. The second-order valence-electron chi connectivity index (χ2n) is 4.52. The molecule has 100 valence electrons. The lowest BCUT2D eigenvalue weighted by Gasteiger charge is -2.05. The van der Waals surface area contributed by atoms with Crippen LogP contribution in [0.5, 0.6) is 0 Å². The molecule has 0 fully saturated rings. The molecular weight excluding hydrogens is 318 g/mol. The molecule has 0 atom stereocenters. The van der Waals surface area contributed by atoms with Crippen LogP contribution in [0.2, 0.25) is 0 Å². The van der Waals surface area contributed by atoms with Crippen molar-refractivity contribution in [1.29, 1.82) is 0 Å². The van der Waals surface area contributed by atoms with Gasteiger partial charge >= 0.3 is 0 Å². The number of hydrogen-bond acceptors (Lipinski definition) is 2. The number of fused-ring (bicyclic) bond motifs is 1. The highest BCUT2D eigenvalue weighted by Gasteiger charge is 2.06. The van der Waals surface area contributed by atoms with Gasteiger partial charge in [0.1, 0.15) is 0 Å². The highest BCUT2D eigenvalue weighted by atomic mass is 79.9. The van der Waals surface area contributed by atoms with Gasteiger partial charge in [-0.25, -0.2) is 0 Å². The first-order chi connectivity index (χ1) is 9.72. The van der Waals surface area contributed by atoms with E-state index in [0.29, 0.717) is 12.1 Å². The Morgan fingerprint density at radius 3 is 2.70 bits per heavy atom. The van der Waals surface area contributed by atoms with Crippen molar-refractivity contribution in [2.75, 3.05) is 0 Å². The summed E-state index contributed by atoms with van der Waals surface area (Å²) in [5, 5.41) is 5.02. The van der Waals surface area contributed by atoms with Crippen molar-refractivity contribution >= 4 is 32.6 Å². The molecular formula is C16H12BrNO2. The Morgan fingerprint density at radius 1 is 1.10 bits per heavy atom. The Bertz CT molecular complexity index is 750. The van der Waals surface area contributed by atoms with Crippen LogP contribution in [0.25, 0.3) is 10.8 Å². The summed E-state index contributed by atoms with van der Waals surface area (Å²) in [6.07, 6.45) is 3.22. The lowest BCUT2D eigenvalue weighted by atomic mass is 10.1. The summed E-state index contributed by atoms with van der Waals surface area (Å²) in [6.45, 7) is 0.466. The maximum absolute atomic E-state index is 12.1. The summed E-state index contributed by atoms with van der Waals surface area (Å²) in [5.41, 5.74) is 1.60. The molecule has 0 saturated carbocycles. The molecule has 0 saturated heterocycles. The second kappa shape index (κ2) is 5.51. The monoisotopic (exact) mass is 329 g/mol. The summed E-state index contributed by atoms with van der Waals surface area (Å²) < 4.78 is 6.00. The Kier molecular flexibility index (Phi) is 3.56. The molecule has 4 heteroatoms. The molecule has 1 N–H and O–H groups in total. The van der Waals surface area contributed by atoms with Crippen LogP contribution in [0, 0.1) is 0 Å². The van der Waals surface area contributed by atoms with Crippen molar-refractivity contribution in [1.82, 2.24) is 5.32 Å². The second-order valence-corrected chi connectivity index (χ2v) is 5.44. The predicted octanol–water partition coefficient (Wildman–Crippen LogP) is 4.13. The van der Waals surface area contributed by atoms with Gasteiger partial charge in [0, 0.05) is 22.1 Å². The SMILES string of the molecule is O=C(NCc1ccoc1)c1ccc2cc(Br)ccc2c1. The zero-order valence-corrected chi connectivity index (χ0v) is 12.2. The van der Waals surface area contributed by atoms with Gasteiger partial charge in [0.15, 0.2) is 0 Å². The highest BCUT2D eigenvalue weighted by molar-refractivity contribution is 9.10. The molecule has 0 aliphatic heterocycles. The van der Waals surface area contributed by atoms with Gasteiger partial charge in [-0.3, -0.25) is 4.79 Å². The highest BCUT2D eigenvalue weighted by Crippen LogP contribution is 2.21. The topological polar surface area (TPSA) is 42.2 Å². The lowest BCUT2D eigenvalue weighted by Crippen LogP contribution is -2.22. The van der Waals surface area contributed by atoms with Gasteiger partial charge < -0.3 is 9.73 Å². The number of nitrogens with one attached hydrogen (secondary N) is 1. The minimum absolute atomic E-state index is 0.0870. The van der Waals surface area contributed by atoms with Gasteiger partial charge in [-0.05, 0) is 41.1 Å². The van der Waals surface area contributed by atoms with Crippen molar-refractivity contribution in [2.24, 2.45) is 0 Å². The fourth-order valence-corrected chi connectivity index (χ4v) is 2.41. The molecule has 0 unspecified atom stereocenters. The number of hydrogen-bond donors (Lipinski definition) is 1. The van der Waals surface area contributed by atoms with Gasteiger partial charge in [0.25, 0.3) is 5.91 Å². The summed E-state index contributed by atoms with van der Waals surface area (Å²) in [5.74, 6) is -0.0870. The van der Waals surface area contributed by atoms with Crippen molar-refractivity contribution in [3.63, 3.8) is 0 Å². The molecule has 0 aliphatic carbocycles. The van der Waals surface area contributed by atoms with Crippen LogP contribution in [0.1, 0.15) is 15.9 Å². The quantitative estimate of drug-likeness (QED) is 0.785. The van der Waals surface area contributed by atoms with Gasteiger partial charge in [0.2, 0.25) is 0 Å². The van der Waals surface area contributed by atoms with Gasteiger partial charge in [-0.2, -0.15) is 0 Å². The van der Waals surface area contributed by atoms with Crippen LogP contribution in [-0.2, 0) is 6.54 Å². The third-order valence-electron chi connectivity index (χ3n) is 3.10. The molecule has 2 aromatic carbocycles. The lowest BCUT2D eigenvalue weighted by molar-refractivity contribution is 0.0951. The van der Waals surface area contributed by atoms with Crippen LogP contribution in [0.4, 0.5) is 0 Å². The molecule has 3 nitrogen and oxygen atoms in total. The van der Waals surface area contributed by atoms with Crippen LogP contribution >= 0.6 is 15.9 Å². The van der Waals surface area contributed by atoms with E-state index in [0.717, 1.165) is 20.8 Å². The molecule has 0 radical (unpaired) electrons. The first-order valence-corrected chi connectivity index (χ1v) is 7.00. The van der Waals surface area contributed by atoms with Crippen LogP contribution in [0.3, 0.4) is 0 Å². The average molecular weight is 330 g/mol. The minimum atomic E-state index is -0.0870. The van der Waals surface area contributed by atoms with E-state index in [9.17, 15) is 4.79 Å². The van der Waals surface area contributed by atoms with Gasteiger partial charge in [0.05, 0.1) is 12.5 Å². The largest absolute Gasteiger partial charge is 0.472 e. The van der Waals surface area contributed by atoms with E-state index in [-0.39, 0.29) is 5.91 Å². The molecule has 0 bridgehead atoms. The smallest absolute Gasteiger partial charge is 0.251 e. The number of furan rings is 1. The Hall–Kier alpha value is -2.07. The number of halogens is 1. The third kappa shape index (κ3) is 2.75. The summed E-state index contributed by atoms with van der Waals surface area (Å²) in [7, 11) is 0. The van der Waals surface area contributed by atoms with Crippen LogP contribution < -0.4 is 5.32 Å². The molecule has 3 aromatic rings. The van der Waals surface area contributed by atoms with Crippen LogP contribution in [0.15, 0.2) is 63.9 Å². The fourth-order valence-electron chi connectivity index (χ4n) is 2.04. The molecule has 20 heavy (non-hydrogen) atoms. The van der Waals surface area contributed by atoms with Gasteiger partial charge in [-0.15, -0.1) is 0 Å². The first kappa shape index (κ1) is 12.9. The summed E-state index contributed by atoms with van der Waals surface area (Å²) >= 11 is 3.44. The van der Waals surface area contributed by atoms with Crippen molar-refractivity contribution in [3.8, 4) is 0 Å². The van der Waals surface area contributed by atoms with E-state index in [1.807, 2.05) is 42.5 Å². The number of carbonyl (C=O) groups is 1. The minimum Gasteiger partial charge on any atom is -0.472 e. The number of benzene rings is 2. The van der Waals surface area contributed by atoms with Crippen molar-refractivity contribution < 1.29 is 9.21 Å². The summed E-state index contributed by atoms with van der Waals surface area (Å²) in [4.78, 5) is 12.1. The predicted molar refractivity (Wildman–Crippen MR) is 81.5 cm³/mol. The summed E-state index contributed by atoms with van der Waals surface area (Å²) in [6, 6.07) is 13.5. The molecule has 1 amide bonds. The fraction of sp³-hybridized carbons (Fsp3) is 0.0625. The standard InChI is InChI=1S/C16H12BrNO2/c17-15-4-3-12-7-14(2-1-13(12)8-15)16(19)18-9-11-5-6-20-10-11/h1-8,10H,9H2,(H,18,19). The van der Waals surface area contributed by atoms with E-state index < -0.39 is 0 Å².